The molecular formula is C15H7BrFN3O. The molecule has 0 spiro atoms. The first kappa shape index (κ1) is 13.5. The first-order valence-corrected chi connectivity index (χ1v) is 6.74. The number of rotatable bonds is 2. The zero-order valence-electron chi connectivity index (χ0n) is 10.5. The fraction of sp³-hybridized carbons (Fsp3) is 0. The summed E-state index contributed by atoms with van der Waals surface area (Å²) in [6.45, 7) is 0. The molecule has 6 heteroatoms. The van der Waals surface area contributed by atoms with Crippen LogP contribution in [-0.4, -0.2) is 9.97 Å². The Balaban J connectivity index is 2.06. The van der Waals surface area contributed by atoms with E-state index in [4.69, 9.17) is 10.00 Å². The highest BCUT2D eigenvalue weighted by atomic mass is 79.9. The molecule has 1 heterocycles. The summed E-state index contributed by atoms with van der Waals surface area (Å²) in [7, 11) is 0. The zero-order valence-corrected chi connectivity index (χ0v) is 12.1. The highest BCUT2D eigenvalue weighted by Gasteiger charge is 2.10. The lowest BCUT2D eigenvalue weighted by atomic mass is 10.2. The maximum absolute atomic E-state index is 13.9. The Labute approximate surface area is 128 Å². The van der Waals surface area contributed by atoms with Crippen molar-refractivity contribution in [3.8, 4) is 17.7 Å². The van der Waals surface area contributed by atoms with E-state index >= 15 is 0 Å². The normalized spacial score (nSPS) is 10.3. The minimum absolute atomic E-state index is 0.00831. The van der Waals surface area contributed by atoms with Gasteiger partial charge in [-0.2, -0.15) is 5.26 Å². The largest absolute Gasteiger partial charge is 0.435 e. The van der Waals surface area contributed by atoms with Gasteiger partial charge in [0.25, 0.3) is 0 Å². The average Bonchev–Trinajstić information content (AvgIpc) is 2.49. The van der Waals surface area contributed by atoms with E-state index in [0.717, 1.165) is 10.5 Å². The van der Waals surface area contributed by atoms with Crippen molar-refractivity contribution in [2.75, 3.05) is 0 Å². The van der Waals surface area contributed by atoms with Crippen molar-refractivity contribution >= 4 is 26.8 Å². The number of nitriles is 1. The van der Waals surface area contributed by atoms with Gasteiger partial charge in [-0.05, 0) is 36.4 Å². The topological polar surface area (TPSA) is 58.8 Å². The van der Waals surface area contributed by atoms with Crippen molar-refractivity contribution in [1.29, 1.82) is 5.26 Å². The molecule has 0 atom stereocenters. The molecule has 0 fully saturated rings. The first-order chi connectivity index (χ1) is 10.2. The summed E-state index contributed by atoms with van der Waals surface area (Å²) in [5.74, 6) is -0.352. The van der Waals surface area contributed by atoms with Gasteiger partial charge in [0, 0.05) is 4.47 Å². The van der Waals surface area contributed by atoms with Gasteiger partial charge in [0.2, 0.25) is 5.88 Å². The number of hydrogen-bond donors (Lipinski definition) is 0. The lowest BCUT2D eigenvalue weighted by Gasteiger charge is -2.08. The van der Waals surface area contributed by atoms with Crippen LogP contribution in [0.5, 0.6) is 11.6 Å². The molecule has 3 aromatic rings. The second-order valence-electron chi connectivity index (χ2n) is 4.20. The number of halogens is 2. The lowest BCUT2D eigenvalue weighted by molar-refractivity contribution is 0.431. The standard InChI is InChI=1S/C15H7BrFN3O/c16-10-2-3-13-11(6-10)15(20-8-19-13)21-14-4-1-9(7-18)5-12(14)17/h1-6,8H. The predicted octanol–water partition coefficient (Wildman–Crippen LogP) is 4.20. The van der Waals surface area contributed by atoms with Gasteiger partial charge in [-0.1, -0.05) is 15.9 Å². The number of hydrogen-bond acceptors (Lipinski definition) is 4. The third-order valence-electron chi connectivity index (χ3n) is 2.83. The van der Waals surface area contributed by atoms with Crippen LogP contribution in [0.1, 0.15) is 5.56 Å². The van der Waals surface area contributed by atoms with Gasteiger partial charge in [-0.25, -0.2) is 14.4 Å². The molecule has 0 aliphatic carbocycles. The van der Waals surface area contributed by atoms with E-state index < -0.39 is 5.82 Å². The molecule has 4 nitrogen and oxygen atoms in total. The Morgan fingerprint density at radius 3 is 2.76 bits per heavy atom. The van der Waals surface area contributed by atoms with E-state index in [1.54, 1.807) is 6.07 Å². The summed E-state index contributed by atoms with van der Waals surface area (Å²) < 4.78 is 20.2. The molecule has 102 valence electrons. The van der Waals surface area contributed by atoms with E-state index in [9.17, 15) is 4.39 Å². The van der Waals surface area contributed by atoms with Crippen molar-refractivity contribution in [3.05, 3.63) is 58.6 Å². The van der Waals surface area contributed by atoms with Crippen molar-refractivity contribution < 1.29 is 9.13 Å². The highest BCUT2D eigenvalue weighted by molar-refractivity contribution is 9.10. The number of fused-ring (bicyclic) bond motifs is 1. The van der Waals surface area contributed by atoms with Gasteiger partial charge >= 0.3 is 0 Å². The van der Waals surface area contributed by atoms with E-state index in [1.165, 1.54) is 18.5 Å². The Bertz CT molecular complexity index is 876. The van der Waals surface area contributed by atoms with Crippen LogP contribution >= 0.6 is 15.9 Å². The van der Waals surface area contributed by atoms with E-state index in [1.807, 2.05) is 18.2 Å². The summed E-state index contributed by atoms with van der Waals surface area (Å²) in [6, 6.07) is 11.3. The van der Waals surface area contributed by atoms with Gasteiger partial charge in [-0.3, -0.25) is 0 Å². The van der Waals surface area contributed by atoms with Crippen molar-refractivity contribution in [1.82, 2.24) is 9.97 Å². The first-order valence-electron chi connectivity index (χ1n) is 5.95. The number of nitrogens with zero attached hydrogens (tertiary/aromatic N) is 3. The van der Waals surface area contributed by atoms with Gasteiger partial charge in [0.1, 0.15) is 6.33 Å². The summed E-state index contributed by atoms with van der Waals surface area (Å²) in [4.78, 5) is 8.17. The Morgan fingerprint density at radius 2 is 2.00 bits per heavy atom. The zero-order chi connectivity index (χ0) is 14.8. The molecule has 21 heavy (non-hydrogen) atoms. The maximum Gasteiger partial charge on any atom is 0.230 e. The smallest absolute Gasteiger partial charge is 0.230 e. The Morgan fingerprint density at radius 1 is 1.14 bits per heavy atom. The summed E-state index contributed by atoms with van der Waals surface area (Å²) in [5, 5.41) is 9.39. The van der Waals surface area contributed by atoms with Crippen molar-refractivity contribution in [2.45, 2.75) is 0 Å². The molecule has 0 saturated carbocycles. The fourth-order valence-electron chi connectivity index (χ4n) is 1.84. The van der Waals surface area contributed by atoms with Crippen molar-refractivity contribution in [2.24, 2.45) is 0 Å². The van der Waals surface area contributed by atoms with Gasteiger partial charge in [0.05, 0.1) is 22.5 Å². The van der Waals surface area contributed by atoms with Crippen LogP contribution in [-0.2, 0) is 0 Å². The molecule has 0 aliphatic heterocycles. The highest BCUT2D eigenvalue weighted by Crippen LogP contribution is 2.30. The number of aromatic nitrogens is 2. The van der Waals surface area contributed by atoms with E-state index in [2.05, 4.69) is 25.9 Å². The number of benzene rings is 2. The summed E-state index contributed by atoms with van der Waals surface area (Å²) in [6.07, 6.45) is 1.35. The SMILES string of the molecule is N#Cc1ccc(Oc2ncnc3ccc(Br)cc23)c(F)c1. The number of ether oxygens (including phenoxy) is 1. The molecule has 3 rings (SSSR count). The van der Waals surface area contributed by atoms with Gasteiger partial charge in [0.15, 0.2) is 11.6 Å². The summed E-state index contributed by atoms with van der Waals surface area (Å²) in [5.41, 5.74) is 0.924. The Hall–Kier alpha value is -2.52. The second-order valence-corrected chi connectivity index (χ2v) is 5.12. The second kappa shape index (κ2) is 5.46. The predicted molar refractivity (Wildman–Crippen MR) is 78.4 cm³/mol. The molecule has 0 N–H and O–H groups in total. The molecule has 0 radical (unpaired) electrons. The molecular weight excluding hydrogens is 337 g/mol. The van der Waals surface area contributed by atoms with Crippen LogP contribution in [0.15, 0.2) is 47.2 Å². The van der Waals surface area contributed by atoms with Crippen LogP contribution in [0.25, 0.3) is 10.9 Å². The molecule has 1 aromatic heterocycles. The maximum atomic E-state index is 13.9. The van der Waals surface area contributed by atoms with Crippen molar-refractivity contribution in [3.63, 3.8) is 0 Å². The lowest BCUT2D eigenvalue weighted by Crippen LogP contribution is -1.94. The summed E-state index contributed by atoms with van der Waals surface area (Å²) >= 11 is 3.36. The third-order valence-corrected chi connectivity index (χ3v) is 3.32. The van der Waals surface area contributed by atoms with Crippen LogP contribution < -0.4 is 4.74 Å². The van der Waals surface area contributed by atoms with Gasteiger partial charge < -0.3 is 4.74 Å². The van der Waals surface area contributed by atoms with Crippen LogP contribution in [0.2, 0.25) is 0 Å². The Kier molecular flexibility index (Phi) is 3.50. The van der Waals surface area contributed by atoms with Gasteiger partial charge in [-0.15, -0.1) is 0 Å². The minimum Gasteiger partial charge on any atom is -0.435 e. The molecule has 0 aliphatic rings. The average molecular weight is 344 g/mol. The molecule has 2 aromatic carbocycles. The molecule has 0 unspecified atom stereocenters. The van der Waals surface area contributed by atoms with Crippen LogP contribution in [0, 0.1) is 17.1 Å². The van der Waals surface area contributed by atoms with Crippen LogP contribution in [0.3, 0.4) is 0 Å². The third kappa shape index (κ3) is 2.69. The monoisotopic (exact) mass is 343 g/mol. The molecule has 0 saturated heterocycles. The quantitative estimate of drug-likeness (QED) is 0.699. The molecule has 0 bridgehead atoms. The minimum atomic E-state index is -0.615. The fourth-order valence-corrected chi connectivity index (χ4v) is 2.20. The van der Waals surface area contributed by atoms with E-state index in [0.29, 0.717) is 10.9 Å². The molecule has 0 amide bonds. The van der Waals surface area contributed by atoms with E-state index in [-0.39, 0.29) is 17.2 Å². The van der Waals surface area contributed by atoms with Crippen LogP contribution in [0.4, 0.5) is 4.39 Å².